The summed E-state index contributed by atoms with van der Waals surface area (Å²) in [5, 5.41) is 7.26. The molecule has 0 radical (unpaired) electrons. The van der Waals surface area contributed by atoms with Crippen LogP contribution in [0.2, 0.25) is 5.02 Å². The van der Waals surface area contributed by atoms with Gasteiger partial charge >= 0.3 is 5.97 Å². The van der Waals surface area contributed by atoms with Gasteiger partial charge in [-0.25, -0.2) is 4.79 Å². The maximum absolute atomic E-state index is 11.8. The van der Waals surface area contributed by atoms with Gasteiger partial charge in [0.25, 0.3) is 0 Å². The van der Waals surface area contributed by atoms with Crippen molar-refractivity contribution in [3.05, 3.63) is 58.6 Å². The van der Waals surface area contributed by atoms with E-state index in [0.29, 0.717) is 21.7 Å². The highest BCUT2D eigenvalue weighted by Gasteiger charge is 2.16. The van der Waals surface area contributed by atoms with Crippen LogP contribution >= 0.6 is 23.8 Å². The second-order valence-electron chi connectivity index (χ2n) is 6.74. The van der Waals surface area contributed by atoms with E-state index in [-0.39, 0.29) is 11.6 Å². The van der Waals surface area contributed by atoms with Crippen LogP contribution in [0.25, 0.3) is 0 Å². The largest absolute Gasteiger partial charge is 0.497 e. The Morgan fingerprint density at radius 3 is 2.39 bits per heavy atom. The van der Waals surface area contributed by atoms with Gasteiger partial charge in [0.2, 0.25) is 0 Å². The first kappa shape index (κ1) is 22.0. The highest BCUT2D eigenvalue weighted by atomic mass is 35.5. The predicted molar refractivity (Wildman–Crippen MR) is 117 cm³/mol. The molecule has 7 heteroatoms. The summed E-state index contributed by atoms with van der Waals surface area (Å²) in [5.74, 6) is 0.788. The number of carbonyl (C=O) groups excluding carboxylic acids is 1. The second-order valence-corrected chi connectivity index (χ2v) is 7.56. The smallest absolute Gasteiger partial charge is 0.339 e. The number of hydrogen-bond donors (Lipinski definition) is 2. The zero-order valence-electron chi connectivity index (χ0n) is 16.4. The summed E-state index contributed by atoms with van der Waals surface area (Å²) in [6, 6.07) is 13.0. The molecule has 0 heterocycles. The number of halogens is 1. The van der Waals surface area contributed by atoms with E-state index in [2.05, 4.69) is 24.5 Å². The Hall–Kier alpha value is -2.31. The van der Waals surface area contributed by atoms with Crippen LogP contribution in [0, 0.1) is 5.92 Å². The van der Waals surface area contributed by atoms with Gasteiger partial charge in [0.15, 0.2) is 5.11 Å². The molecule has 0 aliphatic carbocycles. The van der Waals surface area contributed by atoms with E-state index in [9.17, 15) is 4.79 Å². The van der Waals surface area contributed by atoms with Crippen LogP contribution in [-0.2, 0) is 4.74 Å². The second kappa shape index (κ2) is 10.3. The van der Waals surface area contributed by atoms with Gasteiger partial charge in [-0.05, 0) is 60.5 Å². The van der Waals surface area contributed by atoms with Gasteiger partial charge in [-0.2, -0.15) is 0 Å². The Bertz CT molecular complexity index is 825. The van der Waals surface area contributed by atoms with Gasteiger partial charge in [-0.3, -0.25) is 0 Å². The Morgan fingerprint density at radius 1 is 1.14 bits per heavy atom. The van der Waals surface area contributed by atoms with Crippen molar-refractivity contribution in [1.29, 1.82) is 0 Å². The third-order valence-electron chi connectivity index (χ3n) is 4.16. The van der Waals surface area contributed by atoms with E-state index in [1.807, 2.05) is 24.3 Å². The van der Waals surface area contributed by atoms with Crippen molar-refractivity contribution in [2.75, 3.05) is 19.5 Å². The third-order valence-corrected chi connectivity index (χ3v) is 4.71. The number of rotatable bonds is 7. The Morgan fingerprint density at radius 2 is 1.82 bits per heavy atom. The lowest BCUT2D eigenvalue weighted by Crippen LogP contribution is -2.33. The van der Waals surface area contributed by atoms with Crippen molar-refractivity contribution in [2.45, 2.75) is 26.3 Å². The molecular formula is C21H25ClN2O3S. The predicted octanol–water partition coefficient (Wildman–Crippen LogP) is 5.21. The first-order chi connectivity index (χ1) is 13.3. The topological polar surface area (TPSA) is 59.6 Å². The van der Waals surface area contributed by atoms with E-state index in [1.54, 1.807) is 25.3 Å². The van der Waals surface area contributed by atoms with Crippen molar-refractivity contribution in [3.8, 4) is 5.75 Å². The number of carbonyl (C=O) groups is 1. The molecule has 0 saturated heterocycles. The van der Waals surface area contributed by atoms with Gasteiger partial charge in [0.1, 0.15) is 5.75 Å². The fourth-order valence-corrected chi connectivity index (χ4v) is 3.24. The zero-order chi connectivity index (χ0) is 20.7. The van der Waals surface area contributed by atoms with Crippen LogP contribution in [0.15, 0.2) is 42.5 Å². The van der Waals surface area contributed by atoms with E-state index >= 15 is 0 Å². The molecule has 5 nitrogen and oxygen atoms in total. The molecule has 0 amide bonds. The number of nitrogens with one attached hydrogen (secondary N) is 2. The van der Waals surface area contributed by atoms with Gasteiger partial charge in [-0.15, -0.1) is 0 Å². The number of hydrogen-bond acceptors (Lipinski definition) is 4. The zero-order valence-corrected chi connectivity index (χ0v) is 18.0. The highest BCUT2D eigenvalue weighted by Crippen LogP contribution is 2.25. The van der Waals surface area contributed by atoms with Crippen molar-refractivity contribution < 1.29 is 14.3 Å². The summed E-state index contributed by atoms with van der Waals surface area (Å²) in [4.78, 5) is 11.8. The molecule has 2 rings (SSSR count). The fraction of sp³-hybridized carbons (Fsp3) is 0.333. The van der Waals surface area contributed by atoms with E-state index in [0.717, 1.165) is 17.7 Å². The van der Waals surface area contributed by atoms with Gasteiger partial charge in [-0.1, -0.05) is 37.6 Å². The monoisotopic (exact) mass is 420 g/mol. The van der Waals surface area contributed by atoms with Crippen LogP contribution in [-0.4, -0.2) is 25.3 Å². The first-order valence-corrected chi connectivity index (χ1v) is 9.72. The maximum Gasteiger partial charge on any atom is 0.339 e. The van der Waals surface area contributed by atoms with Crippen LogP contribution in [0.5, 0.6) is 5.75 Å². The number of methoxy groups -OCH3 is 2. The summed E-state index contributed by atoms with van der Waals surface area (Å²) in [6.07, 6.45) is 0.905. The standard InChI is InChI=1S/C21H25ClN2O3S/c1-13(2)11-19(14-5-8-16(26-3)9-6-14)24-21(28)23-15-7-10-18(22)17(12-15)20(25)27-4/h5-10,12-13,19H,11H2,1-4H3,(H2,23,24,28)/t19-/m1/s1. The molecule has 0 aromatic heterocycles. The van der Waals surface area contributed by atoms with Crippen molar-refractivity contribution in [1.82, 2.24) is 5.32 Å². The number of ether oxygens (including phenoxy) is 2. The van der Waals surface area contributed by atoms with Crippen molar-refractivity contribution in [3.63, 3.8) is 0 Å². The van der Waals surface area contributed by atoms with Crippen LogP contribution in [0.1, 0.15) is 42.2 Å². The van der Waals surface area contributed by atoms with Crippen molar-refractivity contribution >= 4 is 40.6 Å². The fourth-order valence-electron chi connectivity index (χ4n) is 2.78. The molecule has 2 aromatic carbocycles. The summed E-state index contributed by atoms with van der Waals surface area (Å²) < 4.78 is 9.98. The average Bonchev–Trinajstić information content (AvgIpc) is 2.68. The van der Waals surface area contributed by atoms with E-state index < -0.39 is 5.97 Å². The normalized spacial score (nSPS) is 11.6. The lowest BCUT2D eigenvalue weighted by atomic mass is 9.97. The molecule has 1 atom stereocenters. The highest BCUT2D eigenvalue weighted by molar-refractivity contribution is 7.80. The molecule has 0 unspecified atom stereocenters. The summed E-state index contributed by atoms with van der Waals surface area (Å²) in [5.41, 5.74) is 2.05. The van der Waals surface area contributed by atoms with Crippen LogP contribution < -0.4 is 15.4 Å². The minimum Gasteiger partial charge on any atom is -0.497 e. The van der Waals surface area contributed by atoms with E-state index in [1.165, 1.54) is 7.11 Å². The molecular weight excluding hydrogens is 396 g/mol. The number of esters is 1. The Balaban J connectivity index is 2.14. The number of benzene rings is 2. The molecule has 2 aromatic rings. The Labute approximate surface area is 176 Å². The molecule has 0 saturated carbocycles. The minimum atomic E-state index is -0.497. The van der Waals surface area contributed by atoms with Crippen LogP contribution in [0.3, 0.4) is 0 Å². The van der Waals surface area contributed by atoms with Gasteiger partial charge < -0.3 is 20.1 Å². The van der Waals surface area contributed by atoms with Crippen LogP contribution in [0.4, 0.5) is 5.69 Å². The summed E-state index contributed by atoms with van der Waals surface area (Å²) in [6.45, 7) is 4.33. The molecule has 0 fully saturated rings. The number of thiocarbonyl (C=S) groups is 1. The third kappa shape index (κ3) is 6.11. The first-order valence-electron chi connectivity index (χ1n) is 8.93. The SMILES string of the molecule is COC(=O)c1cc(NC(=S)N[C@H](CC(C)C)c2ccc(OC)cc2)ccc1Cl. The molecule has 0 aliphatic rings. The van der Waals surface area contributed by atoms with Gasteiger partial charge in [0.05, 0.1) is 30.8 Å². The lowest BCUT2D eigenvalue weighted by molar-refractivity contribution is 0.0601. The summed E-state index contributed by atoms with van der Waals surface area (Å²) in [7, 11) is 2.96. The number of anilines is 1. The van der Waals surface area contributed by atoms with E-state index in [4.69, 9.17) is 33.3 Å². The molecule has 150 valence electrons. The van der Waals surface area contributed by atoms with Gasteiger partial charge in [0, 0.05) is 5.69 Å². The average molecular weight is 421 g/mol. The molecule has 28 heavy (non-hydrogen) atoms. The maximum atomic E-state index is 11.8. The molecule has 0 aliphatic heterocycles. The quantitative estimate of drug-likeness (QED) is 0.473. The molecule has 2 N–H and O–H groups in total. The minimum absolute atomic E-state index is 0.0401. The lowest BCUT2D eigenvalue weighted by Gasteiger charge is -2.23. The summed E-state index contributed by atoms with van der Waals surface area (Å²) >= 11 is 11.6. The molecule has 0 spiro atoms. The Kier molecular flexibility index (Phi) is 8.08. The van der Waals surface area contributed by atoms with Crippen molar-refractivity contribution in [2.24, 2.45) is 5.92 Å². The molecule has 0 bridgehead atoms.